The average Bonchev–Trinajstić information content (AvgIpc) is 3.05. The fourth-order valence-electron chi connectivity index (χ4n) is 2.63. The first kappa shape index (κ1) is 13.3. The fraction of sp³-hybridized carbons (Fsp3) is 0.500. The molecule has 2 saturated heterocycles. The number of hydrogen-bond donors (Lipinski definition) is 1. The summed E-state index contributed by atoms with van der Waals surface area (Å²) in [7, 11) is 0. The van der Waals surface area contributed by atoms with Crippen molar-refractivity contribution in [1.29, 1.82) is 0 Å². The second-order valence-corrected chi connectivity index (χ2v) is 5.70. The average molecular weight is 290 g/mol. The molecule has 0 unspecified atom stereocenters. The van der Waals surface area contributed by atoms with E-state index >= 15 is 0 Å². The number of nitrogens with one attached hydrogen (secondary N) is 1. The summed E-state index contributed by atoms with van der Waals surface area (Å²) < 4.78 is 0. The standard InChI is InChI=1S/C14H18N4OS/c1-10-13(19)18(14(20)16-10)9-11-4-5-12(15-8-11)17-6-2-3-7-17/h4-5,8,10H,2-3,6-7,9H2,1H3,(H,16,20)/t10-/m0/s1. The smallest absolute Gasteiger partial charge is 0.251 e. The van der Waals surface area contributed by atoms with E-state index in [1.807, 2.05) is 25.3 Å². The summed E-state index contributed by atoms with van der Waals surface area (Å²) in [6.07, 6.45) is 4.32. The summed E-state index contributed by atoms with van der Waals surface area (Å²) in [6.45, 7) is 4.48. The predicted molar refractivity (Wildman–Crippen MR) is 81.4 cm³/mol. The van der Waals surface area contributed by atoms with Crippen molar-refractivity contribution in [3.63, 3.8) is 0 Å². The van der Waals surface area contributed by atoms with Crippen molar-refractivity contribution >= 4 is 29.1 Å². The Labute approximate surface area is 124 Å². The first-order valence-corrected chi connectivity index (χ1v) is 7.38. The van der Waals surface area contributed by atoms with E-state index in [0.717, 1.165) is 24.5 Å². The highest BCUT2D eigenvalue weighted by atomic mass is 32.1. The zero-order valence-corrected chi connectivity index (χ0v) is 12.3. The number of nitrogens with zero attached hydrogens (tertiary/aromatic N) is 3. The van der Waals surface area contributed by atoms with Gasteiger partial charge in [-0.2, -0.15) is 0 Å². The number of aromatic nitrogens is 1. The van der Waals surface area contributed by atoms with Crippen LogP contribution in [0.4, 0.5) is 5.82 Å². The SMILES string of the molecule is C[C@@H]1NC(=S)N(Cc2ccc(N3CCCC3)nc2)C1=O. The van der Waals surface area contributed by atoms with Crippen molar-refractivity contribution in [3.05, 3.63) is 23.9 Å². The molecule has 0 saturated carbocycles. The summed E-state index contributed by atoms with van der Waals surface area (Å²) in [5, 5.41) is 3.48. The maximum atomic E-state index is 11.9. The minimum Gasteiger partial charge on any atom is -0.357 e. The van der Waals surface area contributed by atoms with Crippen molar-refractivity contribution in [3.8, 4) is 0 Å². The molecule has 5 nitrogen and oxygen atoms in total. The highest BCUT2D eigenvalue weighted by Gasteiger charge is 2.31. The zero-order valence-electron chi connectivity index (χ0n) is 11.5. The van der Waals surface area contributed by atoms with Crippen molar-refractivity contribution in [1.82, 2.24) is 15.2 Å². The molecule has 6 heteroatoms. The Bertz CT molecular complexity index is 524. The maximum absolute atomic E-state index is 11.9. The third-order valence-electron chi connectivity index (χ3n) is 3.80. The molecule has 3 rings (SSSR count). The molecule has 0 spiro atoms. The van der Waals surface area contributed by atoms with E-state index in [1.54, 1.807) is 4.90 Å². The first-order valence-electron chi connectivity index (χ1n) is 6.97. The van der Waals surface area contributed by atoms with Crippen LogP contribution in [-0.4, -0.2) is 40.0 Å². The summed E-state index contributed by atoms with van der Waals surface area (Å²) in [5.74, 6) is 1.05. The number of carbonyl (C=O) groups excluding carboxylic acids is 1. The van der Waals surface area contributed by atoms with Gasteiger partial charge in [-0.05, 0) is 43.6 Å². The van der Waals surface area contributed by atoms with Gasteiger partial charge in [0.05, 0.1) is 6.54 Å². The molecule has 0 radical (unpaired) electrons. The Balaban J connectivity index is 1.69. The molecule has 1 N–H and O–H groups in total. The van der Waals surface area contributed by atoms with Gasteiger partial charge in [0.25, 0.3) is 5.91 Å². The maximum Gasteiger partial charge on any atom is 0.251 e. The van der Waals surface area contributed by atoms with Crippen LogP contribution in [0.1, 0.15) is 25.3 Å². The quantitative estimate of drug-likeness (QED) is 0.850. The van der Waals surface area contributed by atoms with Crippen LogP contribution >= 0.6 is 12.2 Å². The molecular formula is C14H18N4OS. The Morgan fingerprint density at radius 2 is 2.15 bits per heavy atom. The summed E-state index contributed by atoms with van der Waals surface area (Å²) in [5.41, 5.74) is 1.000. The molecule has 1 aromatic rings. The Hall–Kier alpha value is -1.69. The van der Waals surface area contributed by atoms with Gasteiger partial charge in [-0.15, -0.1) is 0 Å². The summed E-state index contributed by atoms with van der Waals surface area (Å²) >= 11 is 5.17. The third kappa shape index (κ3) is 2.47. The number of thiocarbonyl (C=S) groups is 1. The molecule has 0 aliphatic carbocycles. The Kier molecular flexibility index (Phi) is 3.56. The van der Waals surface area contributed by atoms with Crippen LogP contribution in [0.5, 0.6) is 0 Å². The summed E-state index contributed by atoms with van der Waals surface area (Å²) in [6, 6.07) is 3.83. The molecule has 2 aliphatic rings. The monoisotopic (exact) mass is 290 g/mol. The van der Waals surface area contributed by atoms with Gasteiger partial charge >= 0.3 is 0 Å². The largest absolute Gasteiger partial charge is 0.357 e. The van der Waals surface area contributed by atoms with Crippen LogP contribution in [-0.2, 0) is 11.3 Å². The lowest BCUT2D eigenvalue weighted by Crippen LogP contribution is -2.30. The van der Waals surface area contributed by atoms with E-state index in [4.69, 9.17) is 12.2 Å². The molecule has 2 aliphatic heterocycles. The molecule has 106 valence electrons. The van der Waals surface area contributed by atoms with Crippen LogP contribution in [0.3, 0.4) is 0 Å². The number of rotatable bonds is 3. The topological polar surface area (TPSA) is 48.5 Å². The summed E-state index contributed by atoms with van der Waals surface area (Å²) in [4.78, 5) is 20.3. The van der Waals surface area contributed by atoms with Gasteiger partial charge in [0.2, 0.25) is 0 Å². The second kappa shape index (κ2) is 5.36. The second-order valence-electron chi connectivity index (χ2n) is 5.31. The number of carbonyl (C=O) groups is 1. The van der Waals surface area contributed by atoms with Crippen LogP contribution in [0.2, 0.25) is 0 Å². The number of anilines is 1. The molecule has 2 fully saturated rings. The van der Waals surface area contributed by atoms with Gasteiger partial charge in [0.1, 0.15) is 11.9 Å². The zero-order chi connectivity index (χ0) is 14.1. The van der Waals surface area contributed by atoms with E-state index in [9.17, 15) is 4.79 Å². The molecule has 3 heterocycles. The van der Waals surface area contributed by atoms with Gasteiger partial charge < -0.3 is 10.2 Å². The highest BCUT2D eigenvalue weighted by Crippen LogP contribution is 2.19. The van der Waals surface area contributed by atoms with Gasteiger partial charge in [-0.3, -0.25) is 9.69 Å². The van der Waals surface area contributed by atoms with Crippen molar-refractivity contribution < 1.29 is 4.79 Å². The molecule has 1 aromatic heterocycles. The van der Waals surface area contributed by atoms with Gasteiger partial charge in [0.15, 0.2) is 5.11 Å². The van der Waals surface area contributed by atoms with Gasteiger partial charge in [-0.1, -0.05) is 6.07 Å². The van der Waals surface area contributed by atoms with E-state index < -0.39 is 0 Å². The molecule has 0 aromatic carbocycles. The highest BCUT2D eigenvalue weighted by molar-refractivity contribution is 7.80. The van der Waals surface area contributed by atoms with Gasteiger partial charge in [0, 0.05) is 19.3 Å². The third-order valence-corrected chi connectivity index (χ3v) is 4.14. The minimum absolute atomic E-state index is 0.0265. The van der Waals surface area contributed by atoms with Crippen LogP contribution in [0, 0.1) is 0 Å². The predicted octanol–water partition coefficient (Wildman–Crippen LogP) is 1.29. The van der Waals surface area contributed by atoms with Crippen LogP contribution < -0.4 is 10.2 Å². The normalized spacial score (nSPS) is 22.6. The lowest BCUT2D eigenvalue weighted by atomic mass is 10.2. The van der Waals surface area contributed by atoms with E-state index in [0.29, 0.717) is 11.7 Å². The van der Waals surface area contributed by atoms with E-state index in [-0.39, 0.29) is 11.9 Å². The molecular weight excluding hydrogens is 272 g/mol. The Morgan fingerprint density at radius 1 is 1.40 bits per heavy atom. The molecule has 1 amide bonds. The van der Waals surface area contributed by atoms with Crippen molar-refractivity contribution in [2.45, 2.75) is 32.4 Å². The number of hydrogen-bond acceptors (Lipinski definition) is 4. The van der Waals surface area contributed by atoms with Crippen molar-refractivity contribution in [2.24, 2.45) is 0 Å². The number of pyridine rings is 1. The Morgan fingerprint density at radius 3 is 2.70 bits per heavy atom. The van der Waals surface area contributed by atoms with E-state index in [1.165, 1.54) is 12.8 Å². The lowest BCUT2D eigenvalue weighted by molar-refractivity contribution is -0.127. The lowest BCUT2D eigenvalue weighted by Gasteiger charge is -2.18. The molecule has 20 heavy (non-hydrogen) atoms. The molecule has 1 atom stereocenters. The van der Waals surface area contributed by atoms with Crippen LogP contribution in [0.15, 0.2) is 18.3 Å². The van der Waals surface area contributed by atoms with E-state index in [2.05, 4.69) is 15.2 Å². The minimum atomic E-state index is -0.223. The first-order chi connectivity index (χ1) is 9.65. The number of amides is 1. The van der Waals surface area contributed by atoms with Gasteiger partial charge in [-0.25, -0.2) is 4.98 Å². The van der Waals surface area contributed by atoms with Crippen LogP contribution in [0.25, 0.3) is 0 Å². The molecule has 0 bridgehead atoms. The fourth-order valence-corrected chi connectivity index (χ4v) is 2.97. The van der Waals surface area contributed by atoms with Crippen molar-refractivity contribution in [2.75, 3.05) is 18.0 Å².